The van der Waals surface area contributed by atoms with Crippen molar-refractivity contribution in [3.05, 3.63) is 48.0 Å². The van der Waals surface area contributed by atoms with Gasteiger partial charge in [0.1, 0.15) is 11.5 Å². The van der Waals surface area contributed by atoms with Crippen molar-refractivity contribution in [3.63, 3.8) is 0 Å². The fourth-order valence-electron chi connectivity index (χ4n) is 1.71. The first kappa shape index (κ1) is 19.6. The maximum Gasteiger partial charge on any atom is 0.236 e. The van der Waals surface area contributed by atoms with E-state index in [4.69, 9.17) is 16.6 Å². The minimum Gasteiger partial charge on any atom is -0.508 e. The number of primary amides is 2. The molecule has 8 heteroatoms. The van der Waals surface area contributed by atoms with Gasteiger partial charge in [0.05, 0.1) is 13.1 Å². The zero-order valence-corrected chi connectivity index (χ0v) is 13.8. The smallest absolute Gasteiger partial charge is 0.236 e. The summed E-state index contributed by atoms with van der Waals surface area (Å²) < 4.78 is 0. The molecule has 8 nitrogen and oxygen atoms in total. The molecule has 0 unspecified atom stereocenters. The van der Waals surface area contributed by atoms with E-state index in [1.54, 1.807) is 43.3 Å². The standard InChI is InChI=1S/C9H12N2O2.C8H10N2O2/c1-6-2-3-7(4-8(6)12)11-5-9(10)13;9-8(12)5-10-6-2-1-3-7(11)4-6/h2-4,11-12H,5H2,1H3,(H2,10,13);1-4,10-11H,5H2,(H2,9,12). The summed E-state index contributed by atoms with van der Waals surface area (Å²) in [6.07, 6.45) is 0. The molecule has 0 spiro atoms. The Labute approximate surface area is 145 Å². The van der Waals surface area contributed by atoms with Crippen LogP contribution in [0.4, 0.5) is 11.4 Å². The van der Waals surface area contributed by atoms with Crippen molar-refractivity contribution >= 4 is 23.2 Å². The molecule has 0 atom stereocenters. The molecule has 134 valence electrons. The van der Waals surface area contributed by atoms with Crippen LogP contribution in [0.1, 0.15) is 5.56 Å². The lowest BCUT2D eigenvalue weighted by Gasteiger charge is -2.05. The van der Waals surface area contributed by atoms with Gasteiger partial charge in [0.2, 0.25) is 11.8 Å². The van der Waals surface area contributed by atoms with Crippen molar-refractivity contribution in [2.45, 2.75) is 6.92 Å². The maximum absolute atomic E-state index is 10.4. The molecular weight excluding hydrogens is 324 g/mol. The lowest BCUT2D eigenvalue weighted by Crippen LogP contribution is -2.21. The Kier molecular flexibility index (Phi) is 7.58. The SMILES string of the molecule is Cc1ccc(NCC(N)=O)cc1O.NC(=O)CNc1cccc(O)c1. The average molecular weight is 346 g/mol. The lowest BCUT2D eigenvalue weighted by atomic mass is 10.2. The van der Waals surface area contributed by atoms with E-state index >= 15 is 0 Å². The molecule has 0 fully saturated rings. The topological polar surface area (TPSA) is 151 Å². The van der Waals surface area contributed by atoms with Gasteiger partial charge in [-0.3, -0.25) is 9.59 Å². The largest absolute Gasteiger partial charge is 0.508 e. The summed E-state index contributed by atoms with van der Waals surface area (Å²) >= 11 is 0. The van der Waals surface area contributed by atoms with Crippen LogP contribution in [-0.4, -0.2) is 35.1 Å². The highest BCUT2D eigenvalue weighted by Gasteiger charge is 1.99. The van der Waals surface area contributed by atoms with Crippen molar-refractivity contribution in [1.29, 1.82) is 0 Å². The Morgan fingerprint density at radius 2 is 1.48 bits per heavy atom. The monoisotopic (exact) mass is 346 g/mol. The van der Waals surface area contributed by atoms with Crippen LogP contribution in [0, 0.1) is 6.92 Å². The van der Waals surface area contributed by atoms with Crippen LogP contribution >= 0.6 is 0 Å². The zero-order valence-electron chi connectivity index (χ0n) is 13.8. The van der Waals surface area contributed by atoms with Gasteiger partial charge in [0.15, 0.2) is 0 Å². The molecule has 8 N–H and O–H groups in total. The molecule has 0 aliphatic heterocycles. The van der Waals surface area contributed by atoms with Crippen LogP contribution in [-0.2, 0) is 9.59 Å². The summed E-state index contributed by atoms with van der Waals surface area (Å²) in [6, 6.07) is 11.6. The van der Waals surface area contributed by atoms with Crippen molar-refractivity contribution in [1.82, 2.24) is 0 Å². The molecule has 0 bridgehead atoms. The van der Waals surface area contributed by atoms with Gasteiger partial charge in [-0.2, -0.15) is 0 Å². The van der Waals surface area contributed by atoms with E-state index in [0.29, 0.717) is 11.4 Å². The number of hydrogen-bond acceptors (Lipinski definition) is 6. The van der Waals surface area contributed by atoms with E-state index in [-0.39, 0.29) is 24.6 Å². The third kappa shape index (κ3) is 8.12. The highest BCUT2D eigenvalue weighted by Crippen LogP contribution is 2.20. The number of carbonyl (C=O) groups is 2. The van der Waals surface area contributed by atoms with E-state index in [1.807, 2.05) is 0 Å². The molecule has 0 aliphatic carbocycles. The number of nitrogens with two attached hydrogens (primary N) is 2. The summed E-state index contributed by atoms with van der Waals surface area (Å²) in [5.41, 5.74) is 12.0. The van der Waals surface area contributed by atoms with Crippen molar-refractivity contribution in [2.75, 3.05) is 23.7 Å². The predicted octanol–water partition coefficient (Wildman–Crippen LogP) is 0.887. The first-order valence-electron chi connectivity index (χ1n) is 7.41. The number of rotatable bonds is 6. The van der Waals surface area contributed by atoms with E-state index in [2.05, 4.69) is 10.6 Å². The van der Waals surface area contributed by atoms with Gasteiger partial charge in [-0.05, 0) is 30.7 Å². The second kappa shape index (κ2) is 9.66. The number of phenolic OH excluding ortho intramolecular Hbond substituents is 2. The van der Waals surface area contributed by atoms with Gasteiger partial charge in [0.25, 0.3) is 0 Å². The fraction of sp³-hybridized carbons (Fsp3) is 0.176. The van der Waals surface area contributed by atoms with E-state index in [9.17, 15) is 14.7 Å². The maximum atomic E-state index is 10.4. The first-order valence-corrected chi connectivity index (χ1v) is 7.41. The molecule has 2 aromatic rings. The molecule has 0 aliphatic rings. The van der Waals surface area contributed by atoms with E-state index in [0.717, 1.165) is 5.56 Å². The van der Waals surface area contributed by atoms with Crippen LogP contribution in [0.5, 0.6) is 11.5 Å². The van der Waals surface area contributed by atoms with Crippen LogP contribution in [0.15, 0.2) is 42.5 Å². The van der Waals surface area contributed by atoms with Gasteiger partial charge in [0, 0.05) is 23.5 Å². The number of nitrogens with one attached hydrogen (secondary N) is 2. The predicted molar refractivity (Wildman–Crippen MR) is 96.3 cm³/mol. The average Bonchev–Trinajstić information content (AvgIpc) is 2.55. The first-order chi connectivity index (χ1) is 11.8. The lowest BCUT2D eigenvalue weighted by molar-refractivity contribution is -0.117. The van der Waals surface area contributed by atoms with Crippen molar-refractivity contribution in [3.8, 4) is 11.5 Å². The molecule has 2 aromatic carbocycles. The molecule has 0 heterocycles. The minimum absolute atomic E-state index is 0.0719. The Morgan fingerprint density at radius 3 is 1.96 bits per heavy atom. The van der Waals surface area contributed by atoms with Gasteiger partial charge in [-0.15, -0.1) is 0 Å². The van der Waals surface area contributed by atoms with Gasteiger partial charge in [-0.1, -0.05) is 12.1 Å². The highest BCUT2D eigenvalue weighted by molar-refractivity contribution is 5.79. The number of aromatic hydroxyl groups is 2. The number of carbonyl (C=O) groups excluding carboxylic acids is 2. The third-order valence-electron chi connectivity index (χ3n) is 2.99. The summed E-state index contributed by atoms with van der Waals surface area (Å²) in [5.74, 6) is -0.502. The molecule has 0 radical (unpaired) electrons. The molecule has 25 heavy (non-hydrogen) atoms. The summed E-state index contributed by atoms with van der Waals surface area (Å²) in [7, 11) is 0. The zero-order chi connectivity index (χ0) is 18.8. The number of anilines is 2. The van der Waals surface area contributed by atoms with Crippen LogP contribution < -0.4 is 22.1 Å². The number of aryl methyl sites for hydroxylation is 1. The fourth-order valence-corrected chi connectivity index (χ4v) is 1.71. The number of benzene rings is 2. The van der Waals surface area contributed by atoms with E-state index < -0.39 is 11.8 Å². The number of hydrogen-bond donors (Lipinski definition) is 6. The van der Waals surface area contributed by atoms with Crippen LogP contribution in [0.3, 0.4) is 0 Å². The van der Waals surface area contributed by atoms with Crippen LogP contribution in [0.25, 0.3) is 0 Å². The van der Waals surface area contributed by atoms with Gasteiger partial charge in [-0.25, -0.2) is 0 Å². The molecule has 2 rings (SSSR count). The Morgan fingerprint density at radius 1 is 0.920 bits per heavy atom. The number of phenols is 2. The Hall–Kier alpha value is -3.42. The Balaban J connectivity index is 0.000000251. The molecule has 0 saturated carbocycles. The van der Waals surface area contributed by atoms with Gasteiger partial charge >= 0.3 is 0 Å². The quantitative estimate of drug-likeness (QED) is 0.457. The normalized spacial score (nSPS) is 9.48. The van der Waals surface area contributed by atoms with Crippen molar-refractivity contribution < 1.29 is 19.8 Å². The molecule has 0 saturated heterocycles. The summed E-state index contributed by atoms with van der Waals surface area (Å²) in [6.45, 7) is 1.94. The second-order valence-electron chi connectivity index (χ2n) is 5.19. The van der Waals surface area contributed by atoms with Gasteiger partial charge < -0.3 is 32.3 Å². The number of amides is 2. The summed E-state index contributed by atoms with van der Waals surface area (Å²) in [4.78, 5) is 20.8. The summed E-state index contributed by atoms with van der Waals surface area (Å²) in [5, 5.41) is 23.9. The van der Waals surface area contributed by atoms with Crippen molar-refractivity contribution in [2.24, 2.45) is 11.5 Å². The minimum atomic E-state index is -0.432. The van der Waals surface area contributed by atoms with Crippen LogP contribution in [0.2, 0.25) is 0 Å². The Bertz CT molecular complexity index is 734. The molecule has 2 amide bonds. The van der Waals surface area contributed by atoms with E-state index in [1.165, 1.54) is 6.07 Å². The molecular formula is C17H22N4O4. The molecule has 0 aromatic heterocycles. The third-order valence-corrected chi connectivity index (χ3v) is 2.99. The highest BCUT2D eigenvalue weighted by atomic mass is 16.3. The second-order valence-corrected chi connectivity index (χ2v) is 5.19.